The van der Waals surface area contributed by atoms with E-state index in [9.17, 15) is 17.3 Å². The van der Waals surface area contributed by atoms with Gasteiger partial charge in [-0.2, -0.15) is 0 Å². The quantitative estimate of drug-likeness (QED) is 0.540. The van der Waals surface area contributed by atoms with Gasteiger partial charge >= 0.3 is 6.98 Å². The maximum atomic E-state index is 13.3. The van der Waals surface area contributed by atoms with E-state index < -0.39 is 18.3 Å². The molecule has 6 heteroatoms. The molecule has 0 aliphatic heterocycles. The van der Waals surface area contributed by atoms with Gasteiger partial charge in [-0.15, -0.1) is 0 Å². The second-order valence-electron chi connectivity index (χ2n) is 3.55. The number of halogens is 4. The molecule has 1 aromatic carbocycles. The van der Waals surface area contributed by atoms with Crippen LogP contribution >= 0.6 is 0 Å². The number of para-hydroxylation sites is 1. The molecule has 0 fully saturated rings. The Morgan fingerprint density at radius 1 is 1.19 bits per heavy atom. The van der Waals surface area contributed by atoms with Gasteiger partial charge in [-0.05, 0) is 13.0 Å². The molecule has 0 radical (unpaired) electrons. The number of pyridine rings is 1. The fraction of sp³-hybridized carbons (Fsp3) is 0.100. The third-order valence-corrected chi connectivity index (χ3v) is 2.51. The van der Waals surface area contributed by atoms with Crippen molar-refractivity contribution in [2.75, 3.05) is 0 Å². The molecule has 0 spiro atoms. The predicted octanol–water partition coefficient (Wildman–Crippen LogP) is 2.74. The summed E-state index contributed by atoms with van der Waals surface area (Å²) < 4.78 is 51.1. The number of rotatable bonds is 1. The Morgan fingerprint density at radius 3 is 2.50 bits per heavy atom. The molecule has 0 aliphatic rings. The van der Waals surface area contributed by atoms with Gasteiger partial charge in [0.1, 0.15) is 11.3 Å². The lowest BCUT2D eigenvalue weighted by atomic mass is 9.77. The topological polar surface area (TPSA) is 12.9 Å². The van der Waals surface area contributed by atoms with Gasteiger partial charge in [-0.1, -0.05) is 23.2 Å². The molecule has 1 aromatic heterocycles. The Bertz CT molecular complexity index is 550. The molecule has 0 saturated carbocycles. The minimum Gasteiger partial charge on any atom is -0.445 e. The highest BCUT2D eigenvalue weighted by Crippen LogP contribution is 2.20. The Labute approximate surface area is 89.2 Å². The number of aromatic nitrogens is 1. The Morgan fingerprint density at radius 2 is 1.88 bits per heavy atom. The summed E-state index contributed by atoms with van der Waals surface area (Å²) in [5.41, 5.74) is -0.765. The Hall–Kier alpha value is -1.59. The molecule has 1 heterocycles. The van der Waals surface area contributed by atoms with E-state index in [4.69, 9.17) is 0 Å². The van der Waals surface area contributed by atoms with Crippen molar-refractivity contribution in [1.82, 2.24) is 4.98 Å². The lowest BCUT2D eigenvalue weighted by Gasteiger charge is -2.18. The highest BCUT2D eigenvalue weighted by Gasteiger charge is 2.28. The van der Waals surface area contributed by atoms with Gasteiger partial charge in [0.2, 0.25) is 0 Å². The van der Waals surface area contributed by atoms with E-state index in [2.05, 4.69) is 4.98 Å². The lowest BCUT2D eigenvalue weighted by Crippen LogP contribution is -2.36. The first-order valence-corrected chi connectivity index (χ1v) is 4.65. The van der Waals surface area contributed by atoms with Crippen LogP contribution in [-0.2, 0) is 0 Å². The molecule has 0 amide bonds. The van der Waals surface area contributed by atoms with Crippen LogP contribution < -0.4 is 5.46 Å². The van der Waals surface area contributed by atoms with Crippen LogP contribution in [0, 0.1) is 12.7 Å². The summed E-state index contributed by atoms with van der Waals surface area (Å²) in [4.78, 5) is 3.53. The second-order valence-corrected chi connectivity index (χ2v) is 3.55. The van der Waals surface area contributed by atoms with Gasteiger partial charge in [0.05, 0.1) is 0 Å². The van der Waals surface area contributed by atoms with E-state index >= 15 is 0 Å². The summed E-state index contributed by atoms with van der Waals surface area (Å²) >= 11 is 0. The smallest absolute Gasteiger partial charge is 0.445 e. The first-order valence-electron chi connectivity index (χ1n) is 4.65. The summed E-state index contributed by atoms with van der Waals surface area (Å²) in [6.45, 7) is -3.78. The van der Waals surface area contributed by atoms with Crippen LogP contribution in [0.1, 0.15) is 5.56 Å². The number of hydrogen-bond acceptors (Lipinski definition) is 1. The van der Waals surface area contributed by atoms with Crippen LogP contribution in [0.2, 0.25) is 0 Å². The monoisotopic (exact) mass is 228 g/mol. The fourth-order valence-corrected chi connectivity index (χ4v) is 1.67. The minimum atomic E-state index is -5.11. The maximum Gasteiger partial charge on any atom is 0.511 e. The van der Waals surface area contributed by atoms with E-state index in [1.807, 2.05) is 0 Å². The second kappa shape index (κ2) is 3.47. The number of aryl methyl sites for hydroxylation is 1. The summed E-state index contributed by atoms with van der Waals surface area (Å²) in [6.07, 6.45) is 0.695. The lowest BCUT2D eigenvalue weighted by molar-refractivity contribution is 0.500. The van der Waals surface area contributed by atoms with E-state index in [-0.39, 0.29) is 16.5 Å². The normalized spacial score (nSPS) is 12.1. The van der Waals surface area contributed by atoms with Gasteiger partial charge < -0.3 is 12.9 Å². The molecule has 2 rings (SSSR count). The van der Waals surface area contributed by atoms with Crippen molar-refractivity contribution in [3.8, 4) is 0 Å². The van der Waals surface area contributed by atoms with Crippen molar-refractivity contribution in [3.63, 3.8) is 0 Å². The standard InChI is InChI=1S/C10H7BF4N/c1-6-7-3-2-4-9(12)10(7)16-5-8(6)11(13,14)15/h2-5H,1H3/q-1. The highest BCUT2D eigenvalue weighted by molar-refractivity contribution is 6.74. The number of nitrogens with zero attached hydrogens (tertiary/aromatic N) is 1. The number of fused-ring (bicyclic) bond motifs is 1. The SMILES string of the molecule is Cc1c([B-](F)(F)F)cnc2c(F)cccc12. The van der Waals surface area contributed by atoms with E-state index in [0.29, 0.717) is 6.20 Å². The van der Waals surface area contributed by atoms with E-state index in [1.54, 1.807) is 0 Å². The zero-order valence-electron chi connectivity index (χ0n) is 8.35. The summed E-state index contributed by atoms with van der Waals surface area (Å²) in [5, 5.41) is 0.205. The first kappa shape index (κ1) is 10.9. The third kappa shape index (κ3) is 1.64. The van der Waals surface area contributed by atoms with Crippen LogP contribution in [0.3, 0.4) is 0 Å². The molecule has 0 atom stereocenters. The molecule has 0 aliphatic carbocycles. The first-order chi connectivity index (χ1) is 7.41. The molecule has 0 unspecified atom stereocenters. The number of hydrogen-bond donors (Lipinski definition) is 0. The zero-order chi connectivity index (χ0) is 11.9. The van der Waals surface area contributed by atoms with E-state index in [1.165, 1.54) is 25.1 Å². The molecular weight excluding hydrogens is 221 g/mol. The van der Waals surface area contributed by atoms with Crippen molar-refractivity contribution in [3.05, 3.63) is 35.8 Å². The number of benzene rings is 1. The van der Waals surface area contributed by atoms with Gasteiger partial charge in [-0.3, -0.25) is 4.98 Å². The molecule has 0 N–H and O–H groups in total. The van der Waals surface area contributed by atoms with Crippen LogP contribution in [0.25, 0.3) is 10.9 Å². The Kier molecular flexibility index (Phi) is 2.37. The van der Waals surface area contributed by atoms with Crippen molar-refractivity contribution in [2.24, 2.45) is 0 Å². The van der Waals surface area contributed by atoms with Crippen molar-refractivity contribution >= 4 is 23.3 Å². The van der Waals surface area contributed by atoms with Gasteiger partial charge in [0.15, 0.2) is 0 Å². The van der Waals surface area contributed by atoms with E-state index in [0.717, 1.165) is 0 Å². The molecule has 84 valence electrons. The largest absolute Gasteiger partial charge is 0.511 e. The van der Waals surface area contributed by atoms with Gasteiger partial charge in [-0.25, -0.2) is 4.39 Å². The Balaban J connectivity index is 2.81. The average Bonchev–Trinajstić information content (AvgIpc) is 2.18. The molecule has 0 bridgehead atoms. The summed E-state index contributed by atoms with van der Waals surface area (Å²) in [7, 11) is 0. The maximum absolute atomic E-state index is 13.3. The predicted molar refractivity (Wildman–Crippen MR) is 55.2 cm³/mol. The highest BCUT2D eigenvalue weighted by atomic mass is 19.4. The fourth-order valence-electron chi connectivity index (χ4n) is 1.67. The molecule has 1 nitrogen and oxygen atoms in total. The van der Waals surface area contributed by atoms with Gasteiger partial charge in [0, 0.05) is 11.6 Å². The molecular formula is C10H7BF4N-. The minimum absolute atomic E-state index is 0.0243. The third-order valence-electron chi connectivity index (χ3n) is 2.51. The van der Waals surface area contributed by atoms with Crippen molar-refractivity contribution in [2.45, 2.75) is 6.92 Å². The van der Waals surface area contributed by atoms with Crippen molar-refractivity contribution < 1.29 is 17.3 Å². The van der Waals surface area contributed by atoms with Gasteiger partial charge in [0.25, 0.3) is 0 Å². The van der Waals surface area contributed by atoms with Crippen LogP contribution in [-0.4, -0.2) is 12.0 Å². The van der Waals surface area contributed by atoms with Crippen molar-refractivity contribution in [1.29, 1.82) is 0 Å². The summed E-state index contributed by atoms with van der Waals surface area (Å²) in [5.74, 6) is -0.609. The van der Waals surface area contributed by atoms with Crippen LogP contribution in [0.4, 0.5) is 17.3 Å². The summed E-state index contributed by atoms with van der Waals surface area (Å²) in [6, 6.07) is 3.98. The van der Waals surface area contributed by atoms with Crippen LogP contribution in [0.5, 0.6) is 0 Å². The zero-order valence-corrected chi connectivity index (χ0v) is 8.35. The molecule has 16 heavy (non-hydrogen) atoms. The molecule has 2 aromatic rings. The molecule has 0 saturated heterocycles. The van der Waals surface area contributed by atoms with Crippen LogP contribution in [0.15, 0.2) is 24.4 Å². The average molecular weight is 228 g/mol.